The predicted octanol–water partition coefficient (Wildman–Crippen LogP) is 2.08. The second-order valence-corrected chi connectivity index (χ2v) is 5.83. The zero-order valence-electron chi connectivity index (χ0n) is 11.7. The number of piperidine rings is 1. The maximum Gasteiger partial charge on any atom is 0.309 e. The molecule has 1 saturated heterocycles. The van der Waals surface area contributed by atoms with Gasteiger partial charge in [0.15, 0.2) is 5.11 Å². The van der Waals surface area contributed by atoms with Gasteiger partial charge in [0.05, 0.1) is 12.5 Å². The van der Waals surface area contributed by atoms with Gasteiger partial charge in [-0.3, -0.25) is 4.79 Å². The lowest BCUT2D eigenvalue weighted by Crippen LogP contribution is -2.47. The Morgan fingerprint density at radius 2 is 1.89 bits per heavy atom. The van der Waals surface area contributed by atoms with Crippen LogP contribution in [-0.4, -0.2) is 41.7 Å². The molecule has 0 aromatic carbocycles. The summed E-state index contributed by atoms with van der Waals surface area (Å²) in [4.78, 5) is 13.9. The van der Waals surface area contributed by atoms with Gasteiger partial charge in [0, 0.05) is 19.1 Å². The molecule has 108 valence electrons. The summed E-state index contributed by atoms with van der Waals surface area (Å²) >= 11 is 5.46. The van der Waals surface area contributed by atoms with E-state index in [9.17, 15) is 4.79 Å². The summed E-state index contributed by atoms with van der Waals surface area (Å²) in [7, 11) is 0. The minimum atomic E-state index is -0.0446. The van der Waals surface area contributed by atoms with E-state index in [0.717, 1.165) is 31.0 Å². The number of hydrogen-bond acceptors (Lipinski definition) is 3. The van der Waals surface area contributed by atoms with Gasteiger partial charge in [0.25, 0.3) is 0 Å². The van der Waals surface area contributed by atoms with Gasteiger partial charge >= 0.3 is 5.97 Å². The number of hydrogen-bond donors (Lipinski definition) is 1. The summed E-state index contributed by atoms with van der Waals surface area (Å²) in [5, 5.41) is 4.33. The lowest BCUT2D eigenvalue weighted by atomic mass is 9.97. The summed E-state index contributed by atoms with van der Waals surface area (Å²) in [6.45, 7) is 4.05. The number of nitrogens with zero attached hydrogens (tertiary/aromatic N) is 1. The van der Waals surface area contributed by atoms with Crippen molar-refractivity contribution in [1.29, 1.82) is 0 Å². The molecule has 0 spiro atoms. The second-order valence-electron chi connectivity index (χ2n) is 5.44. The zero-order chi connectivity index (χ0) is 13.7. The first kappa shape index (κ1) is 14.6. The van der Waals surface area contributed by atoms with Crippen LogP contribution < -0.4 is 5.32 Å². The first-order valence-electron chi connectivity index (χ1n) is 7.42. The molecule has 1 aliphatic carbocycles. The first-order chi connectivity index (χ1) is 9.20. The highest BCUT2D eigenvalue weighted by molar-refractivity contribution is 7.80. The summed E-state index contributed by atoms with van der Waals surface area (Å²) in [6.07, 6.45) is 6.80. The zero-order valence-corrected chi connectivity index (χ0v) is 12.5. The highest BCUT2D eigenvalue weighted by atomic mass is 32.1. The fraction of sp³-hybridized carbons (Fsp3) is 0.857. The highest BCUT2D eigenvalue weighted by Crippen LogP contribution is 2.21. The van der Waals surface area contributed by atoms with E-state index in [1.165, 1.54) is 25.7 Å². The maximum atomic E-state index is 11.7. The van der Waals surface area contributed by atoms with Gasteiger partial charge in [-0.25, -0.2) is 0 Å². The number of likely N-dealkylation sites (tertiary alicyclic amines) is 1. The fourth-order valence-electron chi connectivity index (χ4n) is 2.91. The number of nitrogens with one attached hydrogen (secondary N) is 1. The number of carbonyl (C=O) groups excluding carboxylic acids is 1. The third kappa shape index (κ3) is 4.06. The minimum absolute atomic E-state index is 0.0446. The summed E-state index contributed by atoms with van der Waals surface area (Å²) < 4.78 is 5.08. The van der Waals surface area contributed by atoms with E-state index in [1.54, 1.807) is 0 Å². The third-order valence-corrected chi connectivity index (χ3v) is 4.46. The van der Waals surface area contributed by atoms with Crippen LogP contribution in [0.2, 0.25) is 0 Å². The second kappa shape index (κ2) is 7.08. The molecule has 2 fully saturated rings. The lowest BCUT2D eigenvalue weighted by Gasteiger charge is -2.33. The molecule has 1 saturated carbocycles. The molecular formula is C14H24N2O2S. The smallest absolute Gasteiger partial charge is 0.309 e. The molecule has 0 bridgehead atoms. The van der Waals surface area contributed by atoms with Gasteiger partial charge in [0.2, 0.25) is 0 Å². The minimum Gasteiger partial charge on any atom is -0.466 e. The Hall–Kier alpha value is -0.840. The van der Waals surface area contributed by atoms with Gasteiger partial charge in [-0.1, -0.05) is 12.8 Å². The highest BCUT2D eigenvalue weighted by Gasteiger charge is 2.27. The summed E-state index contributed by atoms with van der Waals surface area (Å²) in [5.41, 5.74) is 0. The monoisotopic (exact) mass is 284 g/mol. The normalized spacial score (nSPS) is 21.4. The van der Waals surface area contributed by atoms with Crippen LogP contribution in [0.1, 0.15) is 45.4 Å². The summed E-state index contributed by atoms with van der Waals surface area (Å²) in [6, 6.07) is 0.565. The number of esters is 1. The van der Waals surface area contributed by atoms with E-state index in [2.05, 4.69) is 10.2 Å². The molecule has 19 heavy (non-hydrogen) atoms. The van der Waals surface area contributed by atoms with E-state index in [-0.39, 0.29) is 11.9 Å². The predicted molar refractivity (Wildman–Crippen MR) is 78.9 cm³/mol. The van der Waals surface area contributed by atoms with Crippen molar-refractivity contribution in [1.82, 2.24) is 10.2 Å². The van der Waals surface area contributed by atoms with Crippen molar-refractivity contribution in [3.8, 4) is 0 Å². The molecule has 2 aliphatic rings. The molecule has 0 aromatic heterocycles. The number of rotatable bonds is 3. The number of thiocarbonyl (C=S) groups is 1. The molecule has 2 rings (SSSR count). The average molecular weight is 284 g/mol. The van der Waals surface area contributed by atoms with Crippen molar-refractivity contribution < 1.29 is 9.53 Å². The van der Waals surface area contributed by atoms with E-state index in [0.29, 0.717) is 12.6 Å². The van der Waals surface area contributed by atoms with Crippen LogP contribution in [-0.2, 0) is 9.53 Å². The van der Waals surface area contributed by atoms with E-state index < -0.39 is 0 Å². The van der Waals surface area contributed by atoms with E-state index in [1.807, 2.05) is 6.92 Å². The Balaban J connectivity index is 1.72. The van der Waals surface area contributed by atoms with Crippen LogP contribution in [0, 0.1) is 5.92 Å². The molecular weight excluding hydrogens is 260 g/mol. The van der Waals surface area contributed by atoms with Crippen molar-refractivity contribution in [2.24, 2.45) is 5.92 Å². The third-order valence-electron chi connectivity index (χ3n) is 4.08. The Morgan fingerprint density at radius 3 is 2.47 bits per heavy atom. The quantitative estimate of drug-likeness (QED) is 0.635. The van der Waals surface area contributed by atoms with Gasteiger partial charge in [-0.15, -0.1) is 0 Å². The molecule has 0 amide bonds. The summed E-state index contributed by atoms with van der Waals surface area (Å²) in [5.74, 6) is 0.0160. The molecule has 1 N–H and O–H groups in total. The van der Waals surface area contributed by atoms with Crippen LogP contribution in [0.15, 0.2) is 0 Å². The molecule has 0 atom stereocenters. The average Bonchev–Trinajstić information content (AvgIpc) is 2.92. The van der Waals surface area contributed by atoms with Gasteiger partial charge in [-0.05, 0) is 44.8 Å². The van der Waals surface area contributed by atoms with Crippen molar-refractivity contribution in [2.75, 3.05) is 19.7 Å². The van der Waals surface area contributed by atoms with Crippen molar-refractivity contribution in [3.63, 3.8) is 0 Å². The van der Waals surface area contributed by atoms with E-state index >= 15 is 0 Å². The van der Waals surface area contributed by atoms with Crippen LogP contribution in [0.4, 0.5) is 0 Å². The number of ether oxygens (including phenoxy) is 1. The van der Waals surface area contributed by atoms with Crippen LogP contribution in [0.3, 0.4) is 0 Å². The van der Waals surface area contributed by atoms with Gasteiger partial charge < -0.3 is 15.0 Å². The Morgan fingerprint density at radius 1 is 1.26 bits per heavy atom. The molecule has 0 radical (unpaired) electrons. The van der Waals surface area contributed by atoms with Crippen LogP contribution in [0.5, 0.6) is 0 Å². The largest absolute Gasteiger partial charge is 0.466 e. The molecule has 1 aliphatic heterocycles. The van der Waals surface area contributed by atoms with Crippen molar-refractivity contribution in [3.05, 3.63) is 0 Å². The lowest BCUT2D eigenvalue weighted by molar-refractivity contribution is -0.149. The first-order valence-corrected chi connectivity index (χ1v) is 7.83. The van der Waals surface area contributed by atoms with Crippen molar-refractivity contribution >= 4 is 23.3 Å². The Bertz CT molecular complexity index is 321. The van der Waals surface area contributed by atoms with E-state index in [4.69, 9.17) is 17.0 Å². The van der Waals surface area contributed by atoms with Crippen molar-refractivity contribution in [2.45, 2.75) is 51.5 Å². The molecule has 0 aromatic rings. The Kier molecular flexibility index (Phi) is 5.43. The standard InChI is InChI=1S/C14H24N2O2S/c1-2-18-13(17)11-7-9-16(10-8-11)14(19)15-12-5-3-4-6-12/h11-12H,2-10H2,1H3,(H,15,19). The molecule has 0 unspecified atom stereocenters. The fourth-order valence-corrected chi connectivity index (χ4v) is 3.26. The molecule has 1 heterocycles. The van der Waals surface area contributed by atoms with Gasteiger partial charge in [0.1, 0.15) is 0 Å². The van der Waals surface area contributed by atoms with Gasteiger partial charge in [-0.2, -0.15) is 0 Å². The molecule has 4 nitrogen and oxygen atoms in total. The van der Waals surface area contributed by atoms with Crippen LogP contribution in [0.25, 0.3) is 0 Å². The topological polar surface area (TPSA) is 41.6 Å². The Labute approximate surface area is 120 Å². The number of carbonyl (C=O) groups is 1. The molecule has 5 heteroatoms. The van der Waals surface area contributed by atoms with Crippen LogP contribution >= 0.6 is 12.2 Å². The SMILES string of the molecule is CCOC(=O)C1CCN(C(=S)NC2CCCC2)CC1. The maximum absolute atomic E-state index is 11.7.